The van der Waals surface area contributed by atoms with Gasteiger partial charge < -0.3 is 29.5 Å². The Bertz CT molecular complexity index is 1250. The Labute approximate surface area is 223 Å². The van der Waals surface area contributed by atoms with E-state index in [1.165, 1.54) is 12.1 Å². The number of aliphatic hydroxyl groups excluding tert-OH is 1. The largest absolute Gasteiger partial charge is 0.507 e. The van der Waals surface area contributed by atoms with Gasteiger partial charge in [0.1, 0.15) is 11.5 Å². The molecule has 0 fully saturated rings. The number of Topliss-reactive ketones (excluding diaryl/α,β-unsaturated/α-hetero) is 2. The van der Waals surface area contributed by atoms with E-state index >= 15 is 0 Å². The highest BCUT2D eigenvalue weighted by molar-refractivity contribution is 6.63. The number of rotatable bonds is 11. The van der Waals surface area contributed by atoms with Gasteiger partial charge in [-0.25, -0.2) is 0 Å². The van der Waals surface area contributed by atoms with Gasteiger partial charge >= 0.3 is 0 Å². The number of phenolic OH excluding ortho intramolecular Hbond substituents is 1. The zero-order valence-electron chi connectivity index (χ0n) is 22.9. The minimum absolute atomic E-state index is 0.0205. The topological polar surface area (TPSA) is 117 Å². The number of anilines is 1. The second kappa shape index (κ2) is 12.2. The average molecular weight is 525 g/mol. The number of carbonyl (C=O) groups is 3. The van der Waals surface area contributed by atoms with Crippen LogP contribution in [-0.2, 0) is 23.9 Å². The molecule has 0 saturated heterocycles. The van der Waals surface area contributed by atoms with Gasteiger partial charge in [-0.15, -0.1) is 0 Å². The first kappa shape index (κ1) is 28.9. The first-order valence-corrected chi connectivity index (χ1v) is 12.6. The second-order valence-electron chi connectivity index (χ2n) is 9.19. The number of ether oxygens (including phenoxy) is 2. The van der Waals surface area contributed by atoms with E-state index in [2.05, 4.69) is 0 Å². The molecule has 2 N–H and O–H groups in total. The monoisotopic (exact) mass is 524 g/mol. The number of methoxy groups -OCH3 is 2. The van der Waals surface area contributed by atoms with Gasteiger partial charge in [-0.3, -0.25) is 14.4 Å². The number of carbonyl (C=O) groups excluding carboxylic acids is 3. The molecule has 2 aliphatic rings. The number of aromatic hydroxyl groups is 1. The molecule has 0 unspecified atom stereocenters. The molecule has 0 amide bonds. The number of aryl methyl sites for hydroxylation is 1. The summed E-state index contributed by atoms with van der Waals surface area (Å²) in [6.07, 6.45) is 3.15. The quantitative estimate of drug-likeness (QED) is 0.332. The van der Waals surface area contributed by atoms with Crippen LogP contribution in [-0.4, -0.2) is 86.1 Å². The maximum absolute atomic E-state index is 13.2. The lowest BCUT2D eigenvalue weighted by atomic mass is 9.90. The van der Waals surface area contributed by atoms with Gasteiger partial charge in [-0.1, -0.05) is 0 Å². The van der Waals surface area contributed by atoms with Crippen molar-refractivity contribution >= 4 is 28.6 Å². The Morgan fingerprint density at radius 2 is 1.37 bits per heavy atom. The lowest BCUT2D eigenvalue weighted by molar-refractivity contribution is -0.130. The van der Waals surface area contributed by atoms with E-state index in [0.717, 1.165) is 0 Å². The molecule has 3 rings (SSSR count). The van der Waals surface area contributed by atoms with Crippen molar-refractivity contribution in [2.75, 3.05) is 58.5 Å². The van der Waals surface area contributed by atoms with Gasteiger partial charge in [0.15, 0.2) is 5.78 Å². The molecule has 0 aromatic heterocycles. The van der Waals surface area contributed by atoms with Crippen LogP contribution in [0.1, 0.15) is 31.9 Å². The number of aliphatic hydroxyl groups is 1. The van der Waals surface area contributed by atoms with Crippen molar-refractivity contribution in [3.63, 3.8) is 0 Å². The molecule has 0 aliphatic heterocycles. The highest BCUT2D eigenvalue weighted by Gasteiger charge is 2.42. The molecule has 204 valence electrons. The first-order chi connectivity index (χ1) is 18.1. The lowest BCUT2D eigenvalue weighted by Crippen LogP contribution is -2.28. The van der Waals surface area contributed by atoms with E-state index in [-0.39, 0.29) is 28.0 Å². The van der Waals surface area contributed by atoms with Crippen molar-refractivity contribution in [1.29, 1.82) is 0 Å². The molecule has 9 heteroatoms. The van der Waals surface area contributed by atoms with E-state index in [4.69, 9.17) is 9.47 Å². The molecule has 0 bridgehead atoms. The van der Waals surface area contributed by atoms with Crippen molar-refractivity contribution in [3.8, 4) is 5.75 Å². The number of benzene rings is 1. The van der Waals surface area contributed by atoms with Crippen LogP contribution in [0.5, 0.6) is 5.75 Å². The van der Waals surface area contributed by atoms with Crippen molar-refractivity contribution in [2.45, 2.75) is 27.7 Å². The van der Waals surface area contributed by atoms with Crippen LogP contribution >= 0.6 is 0 Å². The number of nitrogens with zero attached hydrogens (tertiary/aromatic N) is 2. The maximum Gasteiger partial charge on any atom is 0.238 e. The standard InChI is InChI=1S/C29H36N2O7/c1-7-30(9-11-37-5)19-13-17(3)23(21(32)15-19)25-27(34)26(29(36)28(25)35)24-18(4)14-20(16-22(24)33)31(8-2)10-12-38-6/h13-16,32,34H,7-12H2,1-6H3/b26-24-. The number of likely N-dealkylation sites (N-methyl/N-ethyl adjacent to an activating group) is 2. The van der Waals surface area contributed by atoms with Crippen LogP contribution in [0.25, 0.3) is 5.57 Å². The third-order valence-corrected chi connectivity index (χ3v) is 6.84. The summed E-state index contributed by atoms with van der Waals surface area (Å²) < 4.78 is 10.3. The summed E-state index contributed by atoms with van der Waals surface area (Å²) in [4.78, 5) is 43.4. The van der Waals surface area contributed by atoms with Gasteiger partial charge in [0.05, 0.1) is 24.4 Å². The number of hydrogen-bond donors (Lipinski definition) is 2. The van der Waals surface area contributed by atoms with Crippen LogP contribution in [0.15, 0.2) is 52.5 Å². The highest BCUT2D eigenvalue weighted by atomic mass is 16.5. The Morgan fingerprint density at radius 1 is 0.789 bits per heavy atom. The zero-order valence-corrected chi connectivity index (χ0v) is 22.9. The number of phenols is 1. The van der Waals surface area contributed by atoms with Gasteiger partial charge in [-0.2, -0.15) is 0 Å². The van der Waals surface area contributed by atoms with Crippen molar-refractivity contribution < 1.29 is 34.1 Å². The van der Waals surface area contributed by atoms with Crippen LogP contribution in [0.3, 0.4) is 0 Å². The van der Waals surface area contributed by atoms with Gasteiger partial charge in [0, 0.05) is 75.1 Å². The third kappa shape index (κ3) is 5.44. The Hall–Kier alpha value is -3.69. The van der Waals surface area contributed by atoms with Crippen LogP contribution in [0.4, 0.5) is 5.69 Å². The van der Waals surface area contributed by atoms with E-state index in [1.807, 2.05) is 23.6 Å². The molecule has 1 aromatic rings. The molecule has 1 aromatic carbocycles. The van der Waals surface area contributed by atoms with Crippen molar-refractivity contribution in [1.82, 2.24) is 4.90 Å². The zero-order chi connectivity index (χ0) is 28.1. The molecule has 0 radical (unpaired) electrons. The Balaban J connectivity index is 2.09. The maximum atomic E-state index is 13.2. The van der Waals surface area contributed by atoms with E-state index in [0.29, 0.717) is 61.9 Å². The number of allylic oxidation sites excluding steroid dienone is 6. The third-order valence-electron chi connectivity index (χ3n) is 6.84. The molecule has 0 atom stereocenters. The predicted octanol–water partition coefficient (Wildman–Crippen LogP) is 3.27. The molecular formula is C29H36N2O7. The fourth-order valence-electron chi connectivity index (χ4n) is 4.87. The summed E-state index contributed by atoms with van der Waals surface area (Å²) in [6, 6.07) is 3.28. The molecular weight excluding hydrogens is 488 g/mol. The van der Waals surface area contributed by atoms with E-state index in [9.17, 15) is 24.6 Å². The predicted molar refractivity (Wildman–Crippen MR) is 145 cm³/mol. The fraction of sp³-hybridized carbons (Fsp3) is 0.414. The lowest BCUT2D eigenvalue weighted by Gasteiger charge is -2.27. The Kier molecular flexibility index (Phi) is 9.30. The van der Waals surface area contributed by atoms with E-state index < -0.39 is 23.1 Å². The summed E-state index contributed by atoms with van der Waals surface area (Å²) in [6.45, 7) is 10.7. The average Bonchev–Trinajstić information content (AvgIpc) is 3.08. The molecule has 2 aliphatic carbocycles. The fourth-order valence-corrected chi connectivity index (χ4v) is 4.87. The molecule has 9 nitrogen and oxygen atoms in total. The molecule has 38 heavy (non-hydrogen) atoms. The van der Waals surface area contributed by atoms with Gasteiger partial charge in [0.2, 0.25) is 11.6 Å². The number of ketones is 3. The number of hydrogen-bond acceptors (Lipinski definition) is 9. The summed E-state index contributed by atoms with van der Waals surface area (Å²) in [5.74, 6) is -3.26. The van der Waals surface area contributed by atoms with Crippen LogP contribution in [0.2, 0.25) is 0 Å². The highest BCUT2D eigenvalue weighted by Crippen LogP contribution is 2.42. The molecule has 0 heterocycles. The van der Waals surface area contributed by atoms with E-state index in [1.54, 1.807) is 40.2 Å². The summed E-state index contributed by atoms with van der Waals surface area (Å²) in [7, 11) is 3.21. The van der Waals surface area contributed by atoms with Gasteiger partial charge in [-0.05, 0) is 51.0 Å². The summed E-state index contributed by atoms with van der Waals surface area (Å²) >= 11 is 0. The minimum Gasteiger partial charge on any atom is -0.507 e. The molecule has 0 spiro atoms. The van der Waals surface area contributed by atoms with Gasteiger partial charge in [0.25, 0.3) is 0 Å². The summed E-state index contributed by atoms with van der Waals surface area (Å²) in [5.41, 5.74) is 1.75. The van der Waals surface area contributed by atoms with Crippen LogP contribution in [0, 0.1) is 6.92 Å². The minimum atomic E-state index is -0.977. The SMILES string of the molecule is CCN(CCOC)C1=CC(=O)/C(=C2\C(=O)C(=O)C(c3c(C)cc(N(CC)CCOC)cc3O)=C2O)C(C)=C1. The van der Waals surface area contributed by atoms with Crippen molar-refractivity contribution in [3.05, 3.63) is 63.6 Å². The Morgan fingerprint density at radius 3 is 1.89 bits per heavy atom. The second-order valence-corrected chi connectivity index (χ2v) is 9.19. The normalized spacial score (nSPS) is 17.8. The molecule has 0 saturated carbocycles. The first-order valence-electron chi connectivity index (χ1n) is 12.6. The van der Waals surface area contributed by atoms with Crippen LogP contribution < -0.4 is 4.90 Å². The summed E-state index contributed by atoms with van der Waals surface area (Å²) in [5, 5.41) is 22.1. The van der Waals surface area contributed by atoms with Crippen molar-refractivity contribution in [2.24, 2.45) is 0 Å². The smallest absolute Gasteiger partial charge is 0.238 e.